The summed E-state index contributed by atoms with van der Waals surface area (Å²) in [5.41, 5.74) is 6.36. The fourth-order valence-electron chi connectivity index (χ4n) is 2.00. The molecule has 0 radical (unpaired) electrons. The number of halogens is 1. The minimum atomic E-state index is -0.578. The number of anilines is 2. The zero-order valence-corrected chi connectivity index (χ0v) is 11.5. The molecule has 1 aromatic carbocycles. The molecule has 1 aromatic heterocycles. The summed E-state index contributed by atoms with van der Waals surface area (Å²) in [7, 11) is 0. The van der Waals surface area contributed by atoms with Gasteiger partial charge in [0.1, 0.15) is 23.1 Å². The SMILES string of the molecule is N#Cc1c(N)n[nH]c1CCCNc1cc(F)ccc1[N+](=O)[O-]. The fourth-order valence-corrected chi connectivity index (χ4v) is 2.00. The molecular formula is C13H13FN6O2. The largest absolute Gasteiger partial charge is 0.381 e. The highest BCUT2D eigenvalue weighted by Gasteiger charge is 2.14. The lowest BCUT2D eigenvalue weighted by atomic mass is 10.1. The van der Waals surface area contributed by atoms with Crippen LogP contribution in [0.3, 0.4) is 0 Å². The van der Waals surface area contributed by atoms with Gasteiger partial charge in [-0.1, -0.05) is 0 Å². The molecule has 0 fully saturated rings. The van der Waals surface area contributed by atoms with Crippen LogP contribution >= 0.6 is 0 Å². The molecule has 0 aliphatic carbocycles. The van der Waals surface area contributed by atoms with E-state index < -0.39 is 10.7 Å². The van der Waals surface area contributed by atoms with Gasteiger partial charge in [-0.3, -0.25) is 15.2 Å². The molecule has 1 heterocycles. The normalized spacial score (nSPS) is 10.2. The molecule has 2 aromatic rings. The van der Waals surface area contributed by atoms with Crippen LogP contribution < -0.4 is 11.1 Å². The lowest BCUT2D eigenvalue weighted by Gasteiger charge is -2.06. The number of nitrogens with two attached hydrogens (primary N) is 1. The fraction of sp³-hybridized carbons (Fsp3) is 0.231. The van der Waals surface area contributed by atoms with E-state index in [1.165, 1.54) is 0 Å². The number of nitriles is 1. The quantitative estimate of drug-likeness (QED) is 0.424. The summed E-state index contributed by atoms with van der Waals surface area (Å²) < 4.78 is 13.2. The first-order chi connectivity index (χ1) is 10.5. The summed E-state index contributed by atoms with van der Waals surface area (Å²) in [4.78, 5) is 10.3. The number of H-pyrrole nitrogens is 1. The molecule has 0 atom stereocenters. The molecule has 114 valence electrons. The predicted molar refractivity (Wildman–Crippen MR) is 77.6 cm³/mol. The van der Waals surface area contributed by atoms with Crippen molar-refractivity contribution >= 4 is 17.2 Å². The minimum absolute atomic E-state index is 0.120. The van der Waals surface area contributed by atoms with Crippen LogP contribution in [0.1, 0.15) is 17.7 Å². The second-order valence-corrected chi connectivity index (χ2v) is 4.52. The highest BCUT2D eigenvalue weighted by molar-refractivity contribution is 5.61. The van der Waals surface area contributed by atoms with E-state index in [0.29, 0.717) is 30.6 Å². The maximum Gasteiger partial charge on any atom is 0.292 e. The average Bonchev–Trinajstić information content (AvgIpc) is 2.83. The van der Waals surface area contributed by atoms with Gasteiger partial charge in [0, 0.05) is 18.7 Å². The standard InChI is InChI=1S/C13H13FN6O2/c14-8-3-4-12(20(21)22)11(6-8)17-5-1-2-10-9(7-15)13(16)19-18-10/h3-4,6,17H,1-2,5H2,(H3,16,18,19). The van der Waals surface area contributed by atoms with E-state index in [1.807, 2.05) is 6.07 Å². The second-order valence-electron chi connectivity index (χ2n) is 4.52. The monoisotopic (exact) mass is 304 g/mol. The number of nitrogens with one attached hydrogen (secondary N) is 2. The predicted octanol–water partition coefficient (Wildman–Crippen LogP) is 1.96. The molecular weight excluding hydrogens is 291 g/mol. The first-order valence-electron chi connectivity index (χ1n) is 6.43. The van der Waals surface area contributed by atoms with Crippen molar-refractivity contribution in [1.82, 2.24) is 10.2 Å². The number of rotatable bonds is 6. The number of hydrogen-bond acceptors (Lipinski definition) is 6. The topological polar surface area (TPSA) is 134 Å². The molecule has 0 unspecified atom stereocenters. The summed E-state index contributed by atoms with van der Waals surface area (Å²) in [6.45, 7) is 0.369. The Balaban J connectivity index is 1.96. The van der Waals surface area contributed by atoms with Gasteiger partial charge in [0.15, 0.2) is 5.82 Å². The number of aromatic nitrogens is 2. The van der Waals surface area contributed by atoms with E-state index in [0.717, 1.165) is 18.2 Å². The van der Waals surface area contributed by atoms with Crippen LogP contribution in [0.2, 0.25) is 0 Å². The summed E-state index contributed by atoms with van der Waals surface area (Å²) in [6, 6.07) is 5.18. The van der Waals surface area contributed by atoms with Gasteiger partial charge >= 0.3 is 0 Å². The molecule has 4 N–H and O–H groups in total. The van der Waals surface area contributed by atoms with Gasteiger partial charge in [-0.15, -0.1) is 0 Å². The lowest BCUT2D eigenvalue weighted by Crippen LogP contribution is -2.06. The Morgan fingerprint density at radius 2 is 2.32 bits per heavy atom. The number of aryl methyl sites for hydroxylation is 1. The third kappa shape index (κ3) is 3.29. The van der Waals surface area contributed by atoms with Crippen molar-refractivity contribution in [3.8, 4) is 6.07 Å². The Kier molecular flexibility index (Phi) is 4.53. The van der Waals surface area contributed by atoms with E-state index in [-0.39, 0.29) is 17.2 Å². The zero-order valence-electron chi connectivity index (χ0n) is 11.5. The van der Waals surface area contributed by atoms with E-state index in [9.17, 15) is 14.5 Å². The van der Waals surface area contributed by atoms with Crippen molar-refractivity contribution in [2.24, 2.45) is 0 Å². The van der Waals surface area contributed by atoms with Crippen LogP contribution in [-0.2, 0) is 6.42 Å². The summed E-state index contributed by atoms with van der Waals surface area (Å²) in [6.07, 6.45) is 1.05. The van der Waals surface area contributed by atoms with Gasteiger partial charge in [-0.05, 0) is 18.9 Å². The number of hydrogen-bond donors (Lipinski definition) is 3. The molecule has 0 bridgehead atoms. The maximum absolute atomic E-state index is 13.2. The van der Waals surface area contributed by atoms with Crippen LogP contribution in [0.25, 0.3) is 0 Å². The molecule has 0 spiro atoms. The van der Waals surface area contributed by atoms with Crippen LogP contribution in [0.4, 0.5) is 21.6 Å². The van der Waals surface area contributed by atoms with Gasteiger partial charge in [0.2, 0.25) is 0 Å². The number of benzene rings is 1. The number of nitrogen functional groups attached to an aromatic ring is 1. The van der Waals surface area contributed by atoms with Gasteiger partial charge in [0.25, 0.3) is 5.69 Å². The Morgan fingerprint density at radius 1 is 1.55 bits per heavy atom. The number of nitro groups is 1. The first kappa shape index (κ1) is 15.2. The van der Waals surface area contributed by atoms with Crippen LogP contribution in [0.5, 0.6) is 0 Å². The summed E-state index contributed by atoms with van der Waals surface area (Å²) in [5, 5.41) is 29.0. The third-order valence-corrected chi connectivity index (χ3v) is 3.06. The van der Waals surface area contributed by atoms with E-state index in [2.05, 4.69) is 15.5 Å². The van der Waals surface area contributed by atoms with Crippen molar-refractivity contribution in [2.45, 2.75) is 12.8 Å². The van der Waals surface area contributed by atoms with E-state index in [1.54, 1.807) is 0 Å². The lowest BCUT2D eigenvalue weighted by molar-refractivity contribution is -0.384. The Bertz CT molecular complexity index is 737. The number of nitro benzene ring substituents is 1. The van der Waals surface area contributed by atoms with Gasteiger partial charge in [-0.2, -0.15) is 10.4 Å². The first-order valence-corrected chi connectivity index (χ1v) is 6.43. The van der Waals surface area contributed by atoms with Crippen molar-refractivity contribution in [3.05, 3.63) is 45.4 Å². The molecule has 0 amide bonds. The Labute approximate surface area is 124 Å². The molecule has 0 aliphatic heterocycles. The molecule has 2 rings (SSSR count). The van der Waals surface area contributed by atoms with Crippen molar-refractivity contribution in [3.63, 3.8) is 0 Å². The van der Waals surface area contributed by atoms with Gasteiger partial charge < -0.3 is 11.1 Å². The molecule has 0 aliphatic rings. The third-order valence-electron chi connectivity index (χ3n) is 3.06. The summed E-state index contributed by atoms with van der Waals surface area (Å²) in [5.74, 6) is -0.410. The average molecular weight is 304 g/mol. The van der Waals surface area contributed by atoms with Gasteiger partial charge in [-0.25, -0.2) is 4.39 Å². The van der Waals surface area contributed by atoms with Gasteiger partial charge in [0.05, 0.1) is 10.6 Å². The van der Waals surface area contributed by atoms with Crippen LogP contribution in [-0.4, -0.2) is 21.7 Å². The molecule has 9 heteroatoms. The highest BCUT2D eigenvalue weighted by atomic mass is 19.1. The molecule has 0 saturated carbocycles. The van der Waals surface area contributed by atoms with Crippen LogP contribution in [0.15, 0.2) is 18.2 Å². The van der Waals surface area contributed by atoms with Crippen molar-refractivity contribution in [2.75, 3.05) is 17.6 Å². The number of nitrogens with zero attached hydrogens (tertiary/aromatic N) is 3. The second kappa shape index (κ2) is 6.53. The highest BCUT2D eigenvalue weighted by Crippen LogP contribution is 2.25. The van der Waals surface area contributed by atoms with Crippen LogP contribution in [0, 0.1) is 27.3 Å². The smallest absolute Gasteiger partial charge is 0.292 e. The number of aromatic amines is 1. The minimum Gasteiger partial charge on any atom is -0.381 e. The Hall–Kier alpha value is -3.15. The van der Waals surface area contributed by atoms with E-state index in [4.69, 9.17) is 11.0 Å². The molecule has 0 saturated heterocycles. The molecule has 22 heavy (non-hydrogen) atoms. The summed E-state index contributed by atoms with van der Waals surface area (Å²) >= 11 is 0. The Morgan fingerprint density at radius 3 is 3.00 bits per heavy atom. The van der Waals surface area contributed by atoms with Crippen molar-refractivity contribution in [1.29, 1.82) is 5.26 Å². The van der Waals surface area contributed by atoms with E-state index >= 15 is 0 Å². The maximum atomic E-state index is 13.2. The van der Waals surface area contributed by atoms with Crippen molar-refractivity contribution < 1.29 is 9.31 Å². The zero-order chi connectivity index (χ0) is 16.1. The molecule has 8 nitrogen and oxygen atoms in total.